The summed E-state index contributed by atoms with van der Waals surface area (Å²) >= 11 is 0. The third-order valence-corrected chi connectivity index (χ3v) is 5.87. The van der Waals surface area contributed by atoms with Crippen molar-refractivity contribution in [2.45, 2.75) is 19.1 Å². The maximum Gasteiger partial charge on any atom is 0.416 e. The minimum Gasteiger partial charge on any atom is -0.338 e. The summed E-state index contributed by atoms with van der Waals surface area (Å²) in [5, 5.41) is 3.48. The van der Waals surface area contributed by atoms with E-state index in [0.717, 1.165) is 48.3 Å². The van der Waals surface area contributed by atoms with Gasteiger partial charge in [0, 0.05) is 24.5 Å². The molecule has 3 aromatic carbocycles. The minimum atomic E-state index is -4.39. The smallest absolute Gasteiger partial charge is 0.338 e. The van der Waals surface area contributed by atoms with Crippen molar-refractivity contribution < 1.29 is 13.2 Å². The minimum absolute atomic E-state index is 0.361. The predicted octanol–water partition coefficient (Wildman–Crippen LogP) is 6.64. The van der Waals surface area contributed by atoms with E-state index in [0.29, 0.717) is 16.9 Å². The number of fused-ring (bicyclic) bond motifs is 1. The lowest BCUT2D eigenvalue weighted by Gasteiger charge is -2.09. The van der Waals surface area contributed by atoms with E-state index in [1.54, 1.807) is 12.4 Å². The second-order valence-corrected chi connectivity index (χ2v) is 8.38. The SMILES string of the molecule is FC(F)(F)c1ccc2nc(-c3cccc(-c4cccc(CNCCc5ccncc5)c4)c3)[nH]c2c1. The van der Waals surface area contributed by atoms with Gasteiger partial charge in [0.2, 0.25) is 0 Å². The normalized spacial score (nSPS) is 11.7. The van der Waals surface area contributed by atoms with Crippen molar-refractivity contribution in [1.82, 2.24) is 20.3 Å². The van der Waals surface area contributed by atoms with Crippen LogP contribution in [-0.2, 0) is 19.1 Å². The Bertz CT molecular complexity index is 1440. The maximum absolute atomic E-state index is 13.1. The number of alkyl halides is 3. The summed E-state index contributed by atoms with van der Waals surface area (Å²) in [7, 11) is 0. The highest BCUT2D eigenvalue weighted by Crippen LogP contribution is 2.32. The highest BCUT2D eigenvalue weighted by atomic mass is 19.4. The first kappa shape index (κ1) is 22.8. The first-order chi connectivity index (χ1) is 17.0. The van der Waals surface area contributed by atoms with Gasteiger partial charge in [-0.3, -0.25) is 4.98 Å². The van der Waals surface area contributed by atoms with Crippen molar-refractivity contribution in [3.63, 3.8) is 0 Å². The van der Waals surface area contributed by atoms with E-state index in [1.807, 2.05) is 48.5 Å². The molecule has 0 unspecified atom stereocenters. The molecule has 0 radical (unpaired) electrons. The molecule has 2 heterocycles. The summed E-state index contributed by atoms with van der Waals surface area (Å²) in [6.45, 7) is 1.62. The summed E-state index contributed by atoms with van der Waals surface area (Å²) in [4.78, 5) is 11.6. The summed E-state index contributed by atoms with van der Waals surface area (Å²) in [6.07, 6.45) is 0.153. The van der Waals surface area contributed by atoms with Crippen LogP contribution in [0.2, 0.25) is 0 Å². The van der Waals surface area contributed by atoms with Gasteiger partial charge in [-0.05, 0) is 77.7 Å². The fourth-order valence-corrected chi connectivity index (χ4v) is 4.04. The van der Waals surface area contributed by atoms with Crippen LogP contribution in [-0.4, -0.2) is 21.5 Å². The highest BCUT2D eigenvalue weighted by molar-refractivity contribution is 5.81. The van der Waals surface area contributed by atoms with E-state index in [9.17, 15) is 13.2 Å². The standard InChI is InChI=1S/C28H23F3N4/c29-28(30,31)24-7-8-25-26(17-24)35-27(34-25)23-6-2-5-22(16-23)21-4-1-3-20(15-21)18-33-14-11-19-9-12-32-13-10-19/h1-10,12-13,15-17,33H,11,14,18H2,(H,34,35). The maximum atomic E-state index is 13.1. The Morgan fingerprint density at radius 1 is 0.771 bits per heavy atom. The van der Waals surface area contributed by atoms with Crippen LogP contribution in [0.4, 0.5) is 13.2 Å². The van der Waals surface area contributed by atoms with Gasteiger partial charge in [0.15, 0.2) is 0 Å². The zero-order valence-electron chi connectivity index (χ0n) is 18.8. The highest BCUT2D eigenvalue weighted by Gasteiger charge is 2.30. The largest absolute Gasteiger partial charge is 0.416 e. The third kappa shape index (κ3) is 5.41. The number of halogens is 3. The van der Waals surface area contributed by atoms with Crippen molar-refractivity contribution in [1.29, 1.82) is 0 Å². The Hall–Kier alpha value is -3.97. The molecular formula is C28H23F3N4. The van der Waals surface area contributed by atoms with Crippen molar-refractivity contribution in [2.24, 2.45) is 0 Å². The van der Waals surface area contributed by atoms with E-state index >= 15 is 0 Å². The predicted molar refractivity (Wildman–Crippen MR) is 132 cm³/mol. The monoisotopic (exact) mass is 472 g/mol. The number of nitrogens with zero attached hydrogens (tertiary/aromatic N) is 2. The number of aromatic amines is 1. The van der Waals surface area contributed by atoms with E-state index in [2.05, 4.69) is 32.4 Å². The van der Waals surface area contributed by atoms with E-state index < -0.39 is 11.7 Å². The lowest BCUT2D eigenvalue weighted by Crippen LogP contribution is -2.16. The van der Waals surface area contributed by atoms with Crippen LogP contribution >= 0.6 is 0 Å². The molecule has 176 valence electrons. The Morgan fingerprint density at radius 3 is 2.31 bits per heavy atom. The molecule has 7 heteroatoms. The van der Waals surface area contributed by atoms with E-state index in [-0.39, 0.29) is 0 Å². The number of benzene rings is 3. The topological polar surface area (TPSA) is 53.6 Å². The Balaban J connectivity index is 1.31. The van der Waals surface area contributed by atoms with Crippen LogP contribution in [0.3, 0.4) is 0 Å². The fraction of sp³-hybridized carbons (Fsp3) is 0.143. The first-order valence-electron chi connectivity index (χ1n) is 11.3. The number of pyridine rings is 1. The first-order valence-corrected chi connectivity index (χ1v) is 11.3. The Labute approximate surface area is 200 Å². The zero-order valence-corrected chi connectivity index (χ0v) is 18.8. The van der Waals surface area contributed by atoms with Crippen LogP contribution in [0.5, 0.6) is 0 Å². The molecule has 2 aromatic heterocycles. The number of imidazole rings is 1. The molecule has 0 amide bonds. The lowest BCUT2D eigenvalue weighted by molar-refractivity contribution is -0.137. The molecule has 0 atom stereocenters. The van der Waals surface area contributed by atoms with E-state index in [1.165, 1.54) is 17.2 Å². The second-order valence-electron chi connectivity index (χ2n) is 8.38. The summed E-state index contributed by atoms with van der Waals surface area (Å²) in [5.74, 6) is 0.537. The molecule has 2 N–H and O–H groups in total. The summed E-state index contributed by atoms with van der Waals surface area (Å²) in [5.41, 5.74) is 5.48. The van der Waals surface area contributed by atoms with Crippen LogP contribution in [0, 0.1) is 0 Å². The van der Waals surface area contributed by atoms with Gasteiger partial charge in [-0.2, -0.15) is 13.2 Å². The number of hydrogen-bond donors (Lipinski definition) is 2. The van der Waals surface area contributed by atoms with Gasteiger partial charge in [-0.25, -0.2) is 4.98 Å². The van der Waals surface area contributed by atoms with Crippen molar-refractivity contribution in [2.75, 3.05) is 6.54 Å². The molecule has 35 heavy (non-hydrogen) atoms. The van der Waals surface area contributed by atoms with Crippen LogP contribution in [0.25, 0.3) is 33.5 Å². The van der Waals surface area contributed by atoms with Gasteiger partial charge in [-0.1, -0.05) is 36.4 Å². The number of hydrogen-bond acceptors (Lipinski definition) is 3. The molecule has 0 aliphatic carbocycles. The van der Waals surface area contributed by atoms with Gasteiger partial charge in [0.25, 0.3) is 0 Å². The van der Waals surface area contributed by atoms with Crippen LogP contribution < -0.4 is 5.32 Å². The molecule has 0 bridgehead atoms. The van der Waals surface area contributed by atoms with Crippen LogP contribution in [0.15, 0.2) is 91.3 Å². The van der Waals surface area contributed by atoms with Gasteiger partial charge in [0.05, 0.1) is 16.6 Å². The van der Waals surface area contributed by atoms with Gasteiger partial charge in [-0.15, -0.1) is 0 Å². The number of rotatable bonds is 7. The lowest BCUT2D eigenvalue weighted by atomic mass is 10.0. The fourth-order valence-electron chi connectivity index (χ4n) is 4.04. The second kappa shape index (κ2) is 9.72. The molecule has 5 aromatic rings. The van der Waals surface area contributed by atoms with Gasteiger partial charge >= 0.3 is 6.18 Å². The molecular weight excluding hydrogens is 449 g/mol. The average molecular weight is 473 g/mol. The average Bonchev–Trinajstić information content (AvgIpc) is 3.31. The summed E-state index contributed by atoms with van der Waals surface area (Å²) in [6, 6.07) is 23.7. The third-order valence-electron chi connectivity index (χ3n) is 5.87. The van der Waals surface area contributed by atoms with Crippen molar-refractivity contribution in [3.8, 4) is 22.5 Å². The van der Waals surface area contributed by atoms with E-state index in [4.69, 9.17) is 0 Å². The Kier molecular flexibility index (Phi) is 6.33. The zero-order chi connectivity index (χ0) is 24.3. The molecule has 0 spiro atoms. The summed E-state index contributed by atoms with van der Waals surface area (Å²) < 4.78 is 39.2. The number of nitrogens with one attached hydrogen (secondary N) is 2. The van der Waals surface area contributed by atoms with Gasteiger partial charge in [0.1, 0.15) is 5.82 Å². The molecule has 0 saturated carbocycles. The van der Waals surface area contributed by atoms with Crippen molar-refractivity contribution in [3.05, 3.63) is 108 Å². The van der Waals surface area contributed by atoms with Gasteiger partial charge < -0.3 is 10.3 Å². The molecule has 0 aliphatic rings. The Morgan fingerprint density at radius 2 is 1.51 bits per heavy atom. The molecule has 4 nitrogen and oxygen atoms in total. The molecule has 0 fully saturated rings. The van der Waals surface area contributed by atoms with Crippen LogP contribution in [0.1, 0.15) is 16.7 Å². The molecule has 0 aliphatic heterocycles. The number of H-pyrrole nitrogens is 1. The number of aromatic nitrogens is 3. The quantitative estimate of drug-likeness (QED) is 0.261. The molecule has 5 rings (SSSR count). The molecule has 0 saturated heterocycles. The van der Waals surface area contributed by atoms with Crippen molar-refractivity contribution >= 4 is 11.0 Å².